The third-order valence-corrected chi connectivity index (χ3v) is 6.77. The molecule has 0 unspecified atom stereocenters. The van der Waals surface area contributed by atoms with E-state index in [2.05, 4.69) is 37.0 Å². The lowest BCUT2D eigenvalue weighted by Gasteiger charge is -2.31. The molecule has 0 aliphatic carbocycles. The van der Waals surface area contributed by atoms with Crippen molar-refractivity contribution in [1.82, 2.24) is 30.1 Å². The van der Waals surface area contributed by atoms with Gasteiger partial charge < -0.3 is 4.74 Å². The number of allylic oxidation sites excluding steroid dienone is 2. The first-order valence-corrected chi connectivity index (χ1v) is 12.4. The molecule has 4 aromatic rings. The van der Waals surface area contributed by atoms with Crippen molar-refractivity contribution in [2.24, 2.45) is 4.99 Å². The maximum Gasteiger partial charge on any atom is 0.205 e. The van der Waals surface area contributed by atoms with Gasteiger partial charge in [0.1, 0.15) is 11.5 Å². The highest BCUT2D eigenvalue weighted by Crippen LogP contribution is 2.28. The van der Waals surface area contributed by atoms with Gasteiger partial charge in [-0.15, -0.1) is 5.10 Å². The number of methoxy groups -OCH3 is 1. The van der Waals surface area contributed by atoms with Gasteiger partial charge in [0.2, 0.25) is 5.88 Å². The fourth-order valence-corrected chi connectivity index (χ4v) is 4.73. The number of aromatic amines is 1. The van der Waals surface area contributed by atoms with Crippen molar-refractivity contribution in [2.45, 2.75) is 32.2 Å². The monoisotopic (exact) mass is 499 g/mol. The number of aromatic nitrogens is 5. The van der Waals surface area contributed by atoms with E-state index in [0.29, 0.717) is 12.4 Å². The number of nitrogens with one attached hydrogen (secondary N) is 1. The Kier molecular flexibility index (Phi) is 7.23. The Morgan fingerprint density at radius 2 is 2.16 bits per heavy atom. The molecule has 190 valence electrons. The number of hydrogen-bond acceptors (Lipinski definition) is 6. The third kappa shape index (κ3) is 5.36. The maximum atomic E-state index is 14.2. The lowest BCUT2D eigenvalue weighted by atomic mass is 9.95. The van der Waals surface area contributed by atoms with Crippen LogP contribution in [-0.2, 0) is 11.3 Å². The van der Waals surface area contributed by atoms with Crippen LogP contribution in [0.3, 0.4) is 0 Å². The summed E-state index contributed by atoms with van der Waals surface area (Å²) < 4.78 is 21.0. The smallest absolute Gasteiger partial charge is 0.205 e. The van der Waals surface area contributed by atoms with Gasteiger partial charge in [0, 0.05) is 41.7 Å². The normalized spacial score (nSPS) is 17.1. The highest BCUT2D eigenvalue weighted by molar-refractivity contribution is 6.13. The molecule has 1 atom stereocenters. The van der Waals surface area contributed by atoms with Gasteiger partial charge in [0.25, 0.3) is 0 Å². The lowest BCUT2D eigenvalue weighted by molar-refractivity contribution is 0.196. The van der Waals surface area contributed by atoms with Crippen molar-refractivity contribution in [2.75, 3.05) is 20.2 Å². The first-order chi connectivity index (χ1) is 18.1. The van der Waals surface area contributed by atoms with Crippen LogP contribution >= 0.6 is 0 Å². The lowest BCUT2D eigenvalue weighted by Crippen LogP contribution is -2.34. The Bertz CT molecular complexity index is 1470. The molecule has 0 spiro atoms. The summed E-state index contributed by atoms with van der Waals surface area (Å²) in [5.74, 6) is 0.424. The molecule has 2 aromatic heterocycles. The average Bonchev–Trinajstić information content (AvgIpc) is 3.58. The number of piperidine rings is 1. The van der Waals surface area contributed by atoms with Crippen molar-refractivity contribution in [1.29, 1.82) is 0 Å². The topological polar surface area (TPSA) is 84.2 Å². The SMILES string of the molecule is C=C(N=C/C(=C\C)c1n[nH]c2ccc(-n3cc([C@@H]4CCCN(Cc5ccccc5F)C4)nn3)cc12)OC. The summed E-state index contributed by atoms with van der Waals surface area (Å²) in [6.45, 7) is 8.05. The minimum Gasteiger partial charge on any atom is -0.481 e. The summed E-state index contributed by atoms with van der Waals surface area (Å²) in [7, 11) is 1.53. The first-order valence-electron chi connectivity index (χ1n) is 12.4. The third-order valence-electron chi connectivity index (χ3n) is 6.77. The van der Waals surface area contributed by atoms with Crippen LogP contribution in [0.4, 0.5) is 4.39 Å². The van der Waals surface area contributed by atoms with E-state index in [1.54, 1.807) is 17.0 Å². The summed E-state index contributed by atoms with van der Waals surface area (Å²) in [6.07, 6.45) is 7.71. The molecular formula is C28H30FN7O. The van der Waals surface area contributed by atoms with E-state index in [0.717, 1.165) is 65.0 Å². The van der Waals surface area contributed by atoms with E-state index in [1.807, 2.05) is 49.5 Å². The fraction of sp³-hybridized carbons (Fsp3) is 0.286. The number of aliphatic imine (C=N–C) groups is 1. The number of nitrogens with zero attached hydrogens (tertiary/aromatic N) is 6. The minimum atomic E-state index is -0.152. The number of benzene rings is 2. The van der Waals surface area contributed by atoms with Crippen LogP contribution in [0.15, 0.2) is 72.2 Å². The van der Waals surface area contributed by atoms with Gasteiger partial charge in [-0.05, 0) is 57.2 Å². The maximum absolute atomic E-state index is 14.2. The largest absolute Gasteiger partial charge is 0.481 e. The van der Waals surface area contributed by atoms with Crippen LogP contribution in [0.5, 0.6) is 0 Å². The zero-order chi connectivity index (χ0) is 25.8. The molecule has 0 bridgehead atoms. The van der Waals surface area contributed by atoms with Crippen LogP contribution < -0.4 is 0 Å². The number of hydrogen-bond donors (Lipinski definition) is 1. The second kappa shape index (κ2) is 10.9. The van der Waals surface area contributed by atoms with E-state index in [9.17, 15) is 4.39 Å². The molecule has 0 amide bonds. The first kappa shape index (κ1) is 24.6. The second-order valence-corrected chi connectivity index (χ2v) is 9.16. The zero-order valence-corrected chi connectivity index (χ0v) is 21.1. The molecule has 0 saturated carbocycles. The fourth-order valence-electron chi connectivity index (χ4n) is 4.73. The molecular weight excluding hydrogens is 469 g/mol. The van der Waals surface area contributed by atoms with Gasteiger partial charge in [-0.25, -0.2) is 14.1 Å². The summed E-state index contributed by atoms with van der Waals surface area (Å²) in [6, 6.07) is 13.0. The Morgan fingerprint density at radius 1 is 1.30 bits per heavy atom. The molecule has 1 fully saturated rings. The van der Waals surface area contributed by atoms with Crippen LogP contribution in [0.2, 0.25) is 0 Å². The van der Waals surface area contributed by atoms with Crippen molar-refractivity contribution >= 4 is 22.7 Å². The Morgan fingerprint density at radius 3 is 2.97 bits per heavy atom. The highest BCUT2D eigenvalue weighted by atomic mass is 19.1. The minimum absolute atomic E-state index is 0.152. The van der Waals surface area contributed by atoms with E-state index >= 15 is 0 Å². The van der Waals surface area contributed by atoms with E-state index in [-0.39, 0.29) is 11.7 Å². The van der Waals surface area contributed by atoms with Gasteiger partial charge in [-0.3, -0.25) is 10.00 Å². The molecule has 1 aliphatic rings. The molecule has 5 rings (SSSR count). The van der Waals surface area contributed by atoms with E-state index in [1.165, 1.54) is 13.2 Å². The van der Waals surface area contributed by atoms with Gasteiger partial charge in [0.15, 0.2) is 0 Å². The standard InChI is InChI=1S/C28H30FN7O/c1-4-20(15-30-19(2)37-3)28-24-14-23(11-12-26(24)31-33-28)36-18-27(32-34-36)22-9-7-13-35(17-22)16-21-8-5-6-10-25(21)29/h4-6,8,10-12,14-15,18,22H,2,7,9,13,16-17H2,1,3H3,(H,31,33)/b20-4+,30-15?/t22-/m1/s1. The molecule has 1 aliphatic heterocycles. The molecule has 9 heteroatoms. The number of halogens is 1. The molecule has 37 heavy (non-hydrogen) atoms. The summed E-state index contributed by atoms with van der Waals surface area (Å²) >= 11 is 0. The summed E-state index contributed by atoms with van der Waals surface area (Å²) in [5.41, 5.74) is 5.11. The summed E-state index contributed by atoms with van der Waals surface area (Å²) in [4.78, 5) is 6.53. The zero-order valence-electron chi connectivity index (χ0n) is 21.1. The molecule has 8 nitrogen and oxygen atoms in total. The van der Waals surface area contributed by atoms with E-state index < -0.39 is 0 Å². The quantitative estimate of drug-likeness (QED) is 0.264. The van der Waals surface area contributed by atoms with Crippen LogP contribution in [-0.4, -0.2) is 56.5 Å². The Labute approximate surface area is 215 Å². The number of H-pyrrole nitrogens is 1. The summed E-state index contributed by atoms with van der Waals surface area (Å²) in [5, 5.41) is 17.5. The Hall–Kier alpha value is -4.11. The number of ether oxygens (including phenoxy) is 1. The second-order valence-electron chi connectivity index (χ2n) is 9.16. The molecule has 1 N–H and O–H groups in total. The molecule has 0 radical (unpaired) electrons. The molecule has 3 heterocycles. The van der Waals surface area contributed by atoms with Crippen LogP contribution in [0, 0.1) is 5.82 Å². The van der Waals surface area contributed by atoms with Crippen molar-refractivity contribution < 1.29 is 9.13 Å². The molecule has 2 aromatic carbocycles. The molecule has 1 saturated heterocycles. The van der Waals surface area contributed by atoms with Gasteiger partial charge in [-0.1, -0.05) is 29.5 Å². The number of likely N-dealkylation sites (tertiary alicyclic amines) is 1. The van der Waals surface area contributed by atoms with Crippen molar-refractivity contribution in [3.8, 4) is 5.69 Å². The average molecular weight is 500 g/mol. The van der Waals surface area contributed by atoms with Gasteiger partial charge >= 0.3 is 0 Å². The van der Waals surface area contributed by atoms with Crippen molar-refractivity contribution in [3.05, 3.63) is 90.0 Å². The highest BCUT2D eigenvalue weighted by Gasteiger charge is 2.24. The number of rotatable bonds is 8. The van der Waals surface area contributed by atoms with Crippen molar-refractivity contribution in [3.63, 3.8) is 0 Å². The van der Waals surface area contributed by atoms with Gasteiger partial charge in [-0.2, -0.15) is 5.10 Å². The van der Waals surface area contributed by atoms with Crippen LogP contribution in [0.25, 0.3) is 22.2 Å². The number of fused-ring (bicyclic) bond motifs is 1. The predicted molar refractivity (Wildman–Crippen MR) is 143 cm³/mol. The van der Waals surface area contributed by atoms with Crippen LogP contribution in [0.1, 0.15) is 42.6 Å². The van der Waals surface area contributed by atoms with Gasteiger partial charge in [0.05, 0.1) is 30.2 Å². The van der Waals surface area contributed by atoms with E-state index in [4.69, 9.17) is 4.74 Å². The predicted octanol–water partition coefficient (Wildman–Crippen LogP) is 5.25. The Balaban J connectivity index is 1.35.